The summed E-state index contributed by atoms with van der Waals surface area (Å²) in [6.07, 6.45) is 7.97. The molecule has 3 nitrogen and oxygen atoms in total. The molecule has 0 unspecified atom stereocenters. The van der Waals surface area contributed by atoms with Crippen molar-refractivity contribution in [1.82, 2.24) is 15.1 Å². The maximum absolute atomic E-state index is 13.1. The number of rotatable bonds is 8. The van der Waals surface area contributed by atoms with Gasteiger partial charge in [0.25, 0.3) is 0 Å². The second-order valence-corrected chi connectivity index (χ2v) is 6.56. The van der Waals surface area contributed by atoms with Gasteiger partial charge >= 0.3 is 0 Å². The Hall–Kier alpha value is -1.23. The summed E-state index contributed by atoms with van der Waals surface area (Å²) in [6, 6.07) is 0. The molecule has 1 aromatic rings. The lowest BCUT2D eigenvalue weighted by molar-refractivity contribution is 0.140. The molecule has 1 heterocycles. The van der Waals surface area contributed by atoms with Crippen LogP contribution in [-0.2, 0) is 6.54 Å². The van der Waals surface area contributed by atoms with Gasteiger partial charge in [-0.05, 0) is 44.8 Å². The first-order valence-corrected chi connectivity index (χ1v) is 8.16. The van der Waals surface area contributed by atoms with E-state index in [2.05, 4.69) is 29.1 Å². The lowest BCUT2D eigenvalue weighted by atomic mass is 9.76. The Morgan fingerprint density at radius 2 is 2.14 bits per heavy atom. The van der Waals surface area contributed by atoms with Crippen molar-refractivity contribution >= 4 is 5.57 Å². The lowest BCUT2D eigenvalue weighted by Gasteiger charge is -2.31. The van der Waals surface area contributed by atoms with E-state index in [1.807, 2.05) is 12.3 Å². The van der Waals surface area contributed by atoms with E-state index in [4.69, 9.17) is 0 Å². The first-order valence-electron chi connectivity index (χ1n) is 8.16. The van der Waals surface area contributed by atoms with Crippen molar-refractivity contribution in [3.05, 3.63) is 23.5 Å². The molecule has 0 amide bonds. The number of allylic oxidation sites excluding steroid dienone is 2. The van der Waals surface area contributed by atoms with E-state index in [1.165, 1.54) is 12.8 Å². The number of hydrogen-bond acceptors (Lipinski definition) is 2. The summed E-state index contributed by atoms with van der Waals surface area (Å²) in [5.74, 6) is 0. The molecule has 0 aromatic carbocycles. The fourth-order valence-electron chi connectivity index (χ4n) is 2.96. The number of aromatic nitrogens is 2. The standard InChI is InChI=1S/C17H27F2N3/c1-3-4-9-22(2)11-15-10-20-21-16(15)14-5-7-17(12-18,13-19)8-6-14/h5,10H,3-4,6-9,11-13H2,1-2H3,(H,20,21). The second-order valence-electron chi connectivity index (χ2n) is 6.56. The van der Waals surface area contributed by atoms with Crippen molar-refractivity contribution in [2.45, 2.75) is 45.6 Å². The molecule has 1 aliphatic rings. The highest BCUT2D eigenvalue weighted by Gasteiger charge is 2.33. The maximum Gasteiger partial charge on any atom is 0.0978 e. The van der Waals surface area contributed by atoms with Crippen molar-refractivity contribution in [3.63, 3.8) is 0 Å². The van der Waals surface area contributed by atoms with Crippen LogP contribution in [0.5, 0.6) is 0 Å². The van der Waals surface area contributed by atoms with E-state index in [-0.39, 0.29) is 0 Å². The molecule has 0 saturated carbocycles. The molecule has 0 saturated heterocycles. The number of hydrogen-bond donors (Lipinski definition) is 1. The van der Waals surface area contributed by atoms with Gasteiger partial charge in [-0.25, -0.2) is 0 Å². The van der Waals surface area contributed by atoms with Gasteiger partial charge in [0.2, 0.25) is 0 Å². The van der Waals surface area contributed by atoms with Crippen LogP contribution in [0, 0.1) is 5.41 Å². The highest BCUT2D eigenvalue weighted by Crippen LogP contribution is 2.39. The van der Waals surface area contributed by atoms with Gasteiger partial charge in [0, 0.05) is 17.5 Å². The van der Waals surface area contributed by atoms with Crippen LogP contribution in [0.1, 0.15) is 50.3 Å². The van der Waals surface area contributed by atoms with E-state index in [1.54, 1.807) is 0 Å². The minimum absolute atomic E-state index is 0.472. The minimum atomic E-state index is -0.790. The molecular formula is C17H27F2N3. The SMILES string of the molecule is CCCCN(C)Cc1cn[nH]c1C1=CCC(CF)(CF)CC1. The zero-order valence-corrected chi connectivity index (χ0v) is 13.7. The highest BCUT2D eigenvalue weighted by molar-refractivity contribution is 5.65. The normalized spacial score (nSPS) is 17.8. The van der Waals surface area contributed by atoms with Crippen LogP contribution < -0.4 is 0 Å². The molecule has 5 heteroatoms. The van der Waals surface area contributed by atoms with Crippen molar-refractivity contribution in [2.24, 2.45) is 5.41 Å². The Morgan fingerprint density at radius 1 is 1.36 bits per heavy atom. The van der Waals surface area contributed by atoms with E-state index >= 15 is 0 Å². The Kier molecular flexibility index (Phi) is 6.12. The molecule has 0 aliphatic heterocycles. The van der Waals surface area contributed by atoms with E-state index < -0.39 is 18.8 Å². The number of halogens is 2. The molecule has 1 aliphatic carbocycles. The number of alkyl halides is 2. The second kappa shape index (κ2) is 7.86. The highest BCUT2D eigenvalue weighted by atomic mass is 19.1. The van der Waals surface area contributed by atoms with Crippen LogP contribution in [0.15, 0.2) is 12.3 Å². The number of aromatic amines is 1. The quantitative estimate of drug-likeness (QED) is 0.782. The van der Waals surface area contributed by atoms with Gasteiger partial charge in [0.15, 0.2) is 0 Å². The largest absolute Gasteiger partial charge is 0.302 e. The Bertz CT molecular complexity index is 492. The van der Waals surface area contributed by atoms with Gasteiger partial charge in [0.05, 0.1) is 25.2 Å². The average Bonchev–Trinajstić information content (AvgIpc) is 3.01. The Labute approximate surface area is 131 Å². The molecule has 0 atom stereocenters. The average molecular weight is 311 g/mol. The molecule has 0 bridgehead atoms. The van der Waals surface area contributed by atoms with Gasteiger partial charge in [-0.1, -0.05) is 19.4 Å². The zero-order valence-electron chi connectivity index (χ0n) is 13.7. The smallest absolute Gasteiger partial charge is 0.0978 e. The third kappa shape index (κ3) is 3.94. The Balaban J connectivity index is 2.05. The molecular weight excluding hydrogens is 284 g/mol. The molecule has 0 fully saturated rings. The third-order valence-electron chi connectivity index (χ3n) is 4.65. The van der Waals surface area contributed by atoms with Crippen LogP contribution in [0.25, 0.3) is 5.57 Å². The Morgan fingerprint density at radius 3 is 2.73 bits per heavy atom. The first kappa shape index (κ1) is 17.1. The van der Waals surface area contributed by atoms with Crippen molar-refractivity contribution in [1.29, 1.82) is 0 Å². The predicted octanol–water partition coefficient (Wildman–Crippen LogP) is 4.13. The fourth-order valence-corrected chi connectivity index (χ4v) is 2.96. The van der Waals surface area contributed by atoms with E-state index in [0.717, 1.165) is 29.9 Å². The maximum atomic E-state index is 13.1. The topological polar surface area (TPSA) is 31.9 Å². The molecule has 2 rings (SSSR count). The van der Waals surface area contributed by atoms with Crippen molar-refractivity contribution in [3.8, 4) is 0 Å². The van der Waals surface area contributed by atoms with Crippen molar-refractivity contribution in [2.75, 3.05) is 26.9 Å². The fraction of sp³-hybridized carbons (Fsp3) is 0.706. The molecule has 22 heavy (non-hydrogen) atoms. The number of H-pyrrole nitrogens is 1. The first-order chi connectivity index (χ1) is 10.6. The molecule has 1 N–H and O–H groups in total. The summed E-state index contributed by atoms with van der Waals surface area (Å²) >= 11 is 0. The van der Waals surface area contributed by atoms with Crippen molar-refractivity contribution < 1.29 is 8.78 Å². The van der Waals surface area contributed by atoms with Gasteiger partial charge < -0.3 is 4.90 Å². The summed E-state index contributed by atoms with van der Waals surface area (Å²) in [5.41, 5.74) is 2.56. The predicted molar refractivity (Wildman–Crippen MR) is 86.0 cm³/mol. The van der Waals surface area contributed by atoms with E-state index in [0.29, 0.717) is 19.3 Å². The summed E-state index contributed by atoms with van der Waals surface area (Å²) < 4.78 is 26.2. The van der Waals surface area contributed by atoms with Crippen LogP contribution in [0.3, 0.4) is 0 Å². The zero-order chi connectivity index (χ0) is 16.0. The summed E-state index contributed by atoms with van der Waals surface area (Å²) in [5, 5.41) is 7.23. The summed E-state index contributed by atoms with van der Waals surface area (Å²) in [4.78, 5) is 2.29. The van der Waals surface area contributed by atoms with Gasteiger partial charge in [-0.2, -0.15) is 5.10 Å². The third-order valence-corrected chi connectivity index (χ3v) is 4.65. The van der Waals surface area contributed by atoms with Crippen LogP contribution in [0.2, 0.25) is 0 Å². The minimum Gasteiger partial charge on any atom is -0.302 e. The molecule has 0 spiro atoms. The van der Waals surface area contributed by atoms with Crippen LogP contribution in [0.4, 0.5) is 8.78 Å². The summed E-state index contributed by atoms with van der Waals surface area (Å²) in [7, 11) is 2.11. The number of unbranched alkanes of at least 4 members (excludes halogenated alkanes) is 1. The van der Waals surface area contributed by atoms with Crippen LogP contribution in [-0.4, -0.2) is 42.0 Å². The number of nitrogens with one attached hydrogen (secondary N) is 1. The van der Waals surface area contributed by atoms with E-state index in [9.17, 15) is 8.78 Å². The molecule has 124 valence electrons. The molecule has 1 aromatic heterocycles. The summed E-state index contributed by atoms with van der Waals surface area (Å²) in [6.45, 7) is 2.94. The lowest BCUT2D eigenvalue weighted by Crippen LogP contribution is -2.28. The van der Waals surface area contributed by atoms with Gasteiger partial charge in [-0.3, -0.25) is 13.9 Å². The van der Waals surface area contributed by atoms with Gasteiger partial charge in [-0.15, -0.1) is 0 Å². The number of nitrogens with zero attached hydrogens (tertiary/aromatic N) is 2. The van der Waals surface area contributed by atoms with Gasteiger partial charge in [0.1, 0.15) is 0 Å². The van der Waals surface area contributed by atoms with Crippen LogP contribution >= 0.6 is 0 Å². The monoisotopic (exact) mass is 311 g/mol. The molecule has 0 radical (unpaired) electrons.